The van der Waals surface area contributed by atoms with Crippen LogP contribution >= 0.6 is 11.8 Å². The molecule has 34 heavy (non-hydrogen) atoms. The first-order chi connectivity index (χ1) is 16.2. The summed E-state index contributed by atoms with van der Waals surface area (Å²) in [7, 11) is 0. The molecule has 2 aliphatic heterocycles. The van der Waals surface area contributed by atoms with E-state index in [0.717, 1.165) is 41.9 Å². The average molecular weight is 486 g/mol. The second kappa shape index (κ2) is 10.1. The number of hydrogen-bond donors (Lipinski definition) is 0. The van der Waals surface area contributed by atoms with E-state index in [9.17, 15) is 23.2 Å². The average Bonchev–Trinajstić information content (AvgIpc) is 3.08. The highest BCUT2D eigenvalue weighted by atomic mass is 32.2. The lowest BCUT2D eigenvalue weighted by Crippen LogP contribution is -2.50. The number of rotatable bonds is 5. The molecule has 2 aromatic carbocycles. The maximum absolute atomic E-state index is 13.9. The molecule has 178 valence electrons. The minimum absolute atomic E-state index is 0.0396. The van der Waals surface area contributed by atoms with Gasteiger partial charge in [-0.2, -0.15) is 0 Å². The predicted molar refractivity (Wildman–Crippen MR) is 127 cm³/mol. The Morgan fingerprint density at radius 1 is 1.00 bits per heavy atom. The van der Waals surface area contributed by atoms with Crippen LogP contribution in [0.1, 0.15) is 35.3 Å². The minimum Gasteiger partial charge on any atom is -0.336 e. The Bertz CT molecular complexity index is 1120. The number of benzene rings is 2. The normalized spacial score (nSPS) is 18.4. The van der Waals surface area contributed by atoms with Crippen LogP contribution in [0.2, 0.25) is 0 Å². The molecule has 0 spiro atoms. The largest absolute Gasteiger partial charge is 0.336 e. The Balaban J connectivity index is 1.43. The summed E-state index contributed by atoms with van der Waals surface area (Å²) < 4.78 is 27.9. The number of thioether (sulfide) groups is 1. The molecule has 2 aromatic rings. The van der Waals surface area contributed by atoms with Crippen molar-refractivity contribution < 1.29 is 23.2 Å². The fraction of sp³-hybridized carbons (Fsp3) is 0.320. The van der Waals surface area contributed by atoms with Crippen molar-refractivity contribution in [2.45, 2.75) is 26.4 Å². The van der Waals surface area contributed by atoms with Crippen molar-refractivity contribution in [1.82, 2.24) is 14.7 Å². The van der Waals surface area contributed by atoms with Gasteiger partial charge in [0.05, 0.1) is 11.4 Å². The second-order valence-corrected chi connectivity index (χ2v) is 9.51. The van der Waals surface area contributed by atoms with Crippen LogP contribution in [0.5, 0.6) is 0 Å². The van der Waals surface area contributed by atoms with Crippen LogP contribution in [0.15, 0.2) is 47.4 Å². The summed E-state index contributed by atoms with van der Waals surface area (Å²) in [6.07, 6.45) is 1.54. The third kappa shape index (κ3) is 5.05. The van der Waals surface area contributed by atoms with Crippen LogP contribution in [-0.4, -0.2) is 64.0 Å². The highest BCUT2D eigenvalue weighted by Crippen LogP contribution is 2.34. The first-order valence-corrected chi connectivity index (χ1v) is 11.9. The summed E-state index contributed by atoms with van der Waals surface area (Å²) in [6.45, 7) is 6.84. The highest BCUT2D eigenvalue weighted by molar-refractivity contribution is 8.18. The van der Waals surface area contributed by atoms with Gasteiger partial charge in [-0.05, 0) is 61.5 Å². The summed E-state index contributed by atoms with van der Waals surface area (Å²) in [5.74, 6) is -2.27. The maximum Gasteiger partial charge on any atom is 0.293 e. The molecule has 0 aliphatic carbocycles. The van der Waals surface area contributed by atoms with E-state index in [1.54, 1.807) is 24.3 Å². The molecule has 0 aromatic heterocycles. The molecule has 3 amide bonds. The van der Waals surface area contributed by atoms with Gasteiger partial charge in [0, 0.05) is 43.3 Å². The zero-order chi connectivity index (χ0) is 24.4. The number of carbonyl (C=O) groups excluding carboxylic acids is 3. The lowest BCUT2D eigenvalue weighted by atomic mass is 10.1. The third-order valence-electron chi connectivity index (χ3n) is 6.04. The smallest absolute Gasteiger partial charge is 0.293 e. The van der Waals surface area contributed by atoms with Crippen LogP contribution in [0.3, 0.4) is 0 Å². The number of nitrogens with zero attached hydrogens (tertiary/aromatic N) is 3. The van der Waals surface area contributed by atoms with Crippen molar-refractivity contribution >= 4 is 34.9 Å². The number of halogens is 2. The Labute approximate surface area is 201 Å². The second-order valence-electron chi connectivity index (χ2n) is 8.51. The molecular weight excluding hydrogens is 460 g/mol. The van der Waals surface area contributed by atoms with Crippen LogP contribution in [0, 0.1) is 11.6 Å². The van der Waals surface area contributed by atoms with E-state index in [0.29, 0.717) is 30.3 Å². The van der Waals surface area contributed by atoms with E-state index < -0.39 is 29.3 Å². The van der Waals surface area contributed by atoms with Crippen molar-refractivity contribution in [3.63, 3.8) is 0 Å². The molecular formula is C25H25F2N3O3S. The van der Waals surface area contributed by atoms with Gasteiger partial charge in [0.25, 0.3) is 17.1 Å². The Kier molecular flexibility index (Phi) is 7.13. The Morgan fingerprint density at radius 2 is 1.62 bits per heavy atom. The summed E-state index contributed by atoms with van der Waals surface area (Å²) in [4.78, 5) is 43.0. The lowest BCUT2D eigenvalue weighted by molar-refractivity contribution is -0.123. The molecule has 0 atom stereocenters. The number of carbonyl (C=O) groups is 3. The van der Waals surface area contributed by atoms with Gasteiger partial charge < -0.3 is 4.90 Å². The van der Waals surface area contributed by atoms with Gasteiger partial charge in [0.1, 0.15) is 11.6 Å². The van der Waals surface area contributed by atoms with Crippen molar-refractivity contribution in [1.29, 1.82) is 0 Å². The Morgan fingerprint density at radius 3 is 2.21 bits per heavy atom. The molecule has 2 heterocycles. The monoisotopic (exact) mass is 485 g/mol. The van der Waals surface area contributed by atoms with E-state index >= 15 is 0 Å². The molecule has 0 unspecified atom stereocenters. The number of imide groups is 1. The van der Waals surface area contributed by atoms with Gasteiger partial charge in [0.2, 0.25) is 0 Å². The first-order valence-electron chi connectivity index (χ1n) is 11.1. The number of piperazine rings is 1. The number of amides is 3. The topological polar surface area (TPSA) is 60.9 Å². The van der Waals surface area contributed by atoms with E-state index in [-0.39, 0.29) is 16.4 Å². The molecule has 2 fully saturated rings. The molecule has 2 saturated heterocycles. The van der Waals surface area contributed by atoms with E-state index in [1.807, 2.05) is 4.90 Å². The van der Waals surface area contributed by atoms with Gasteiger partial charge in [-0.15, -0.1) is 0 Å². The fourth-order valence-corrected chi connectivity index (χ4v) is 4.81. The maximum atomic E-state index is 13.9. The van der Waals surface area contributed by atoms with Gasteiger partial charge >= 0.3 is 0 Å². The van der Waals surface area contributed by atoms with Crippen LogP contribution in [0.4, 0.5) is 13.6 Å². The van der Waals surface area contributed by atoms with Crippen LogP contribution in [0.25, 0.3) is 6.08 Å². The SMILES string of the molecule is CC(C)N1CCN(C(=O)c2ccc(/C=C3\SC(=O)N(Cc4c(F)cccc4F)C3=O)cc2)CC1. The zero-order valence-electron chi connectivity index (χ0n) is 19.0. The van der Waals surface area contributed by atoms with Gasteiger partial charge in [-0.1, -0.05) is 18.2 Å². The number of hydrogen-bond acceptors (Lipinski definition) is 5. The van der Waals surface area contributed by atoms with Gasteiger partial charge in [0.15, 0.2) is 0 Å². The summed E-state index contributed by atoms with van der Waals surface area (Å²) in [5.41, 5.74) is 0.866. The van der Waals surface area contributed by atoms with Crippen molar-refractivity contribution in [3.05, 3.63) is 75.7 Å². The van der Waals surface area contributed by atoms with Crippen molar-refractivity contribution in [3.8, 4) is 0 Å². The van der Waals surface area contributed by atoms with Crippen molar-refractivity contribution in [2.75, 3.05) is 26.2 Å². The zero-order valence-corrected chi connectivity index (χ0v) is 19.8. The molecule has 0 saturated carbocycles. The standard InChI is InChI=1S/C25H25F2N3O3S/c1-16(2)28-10-12-29(13-11-28)23(31)18-8-6-17(7-9-18)14-22-24(32)30(25(33)34-22)15-19-20(26)4-3-5-21(19)27/h3-9,14,16H,10-13,15H2,1-2H3/b22-14-. The Hall–Kier alpha value is -3.04. The summed E-state index contributed by atoms with van der Waals surface area (Å²) >= 11 is 0.717. The first kappa shape index (κ1) is 24.1. The van der Waals surface area contributed by atoms with E-state index in [1.165, 1.54) is 12.1 Å². The quantitative estimate of drug-likeness (QED) is 0.589. The molecule has 0 radical (unpaired) electrons. The van der Waals surface area contributed by atoms with Crippen LogP contribution < -0.4 is 0 Å². The van der Waals surface area contributed by atoms with Gasteiger partial charge in [-0.25, -0.2) is 8.78 Å². The van der Waals surface area contributed by atoms with Crippen LogP contribution in [-0.2, 0) is 11.3 Å². The van der Waals surface area contributed by atoms with Crippen molar-refractivity contribution in [2.24, 2.45) is 0 Å². The molecule has 0 bridgehead atoms. The fourth-order valence-electron chi connectivity index (χ4n) is 3.98. The van der Waals surface area contributed by atoms with E-state index in [4.69, 9.17) is 0 Å². The molecule has 9 heteroatoms. The molecule has 2 aliphatic rings. The van der Waals surface area contributed by atoms with Gasteiger partial charge in [-0.3, -0.25) is 24.2 Å². The summed E-state index contributed by atoms with van der Waals surface area (Å²) in [6, 6.07) is 10.7. The lowest BCUT2D eigenvalue weighted by Gasteiger charge is -2.37. The van der Waals surface area contributed by atoms with E-state index in [2.05, 4.69) is 18.7 Å². The minimum atomic E-state index is -0.811. The summed E-state index contributed by atoms with van der Waals surface area (Å²) in [5, 5.41) is -0.591. The highest BCUT2D eigenvalue weighted by Gasteiger charge is 2.36. The predicted octanol–water partition coefficient (Wildman–Crippen LogP) is 4.37. The molecule has 4 rings (SSSR count). The molecule has 0 N–H and O–H groups in total. The molecule has 6 nitrogen and oxygen atoms in total. The third-order valence-corrected chi connectivity index (χ3v) is 6.95.